The molecule has 0 aliphatic heterocycles. The summed E-state index contributed by atoms with van der Waals surface area (Å²) in [7, 11) is 0. The molecule has 3 rings (SSSR count). The summed E-state index contributed by atoms with van der Waals surface area (Å²) >= 11 is 0. The minimum Gasteiger partial charge on any atom is -0.356 e. The largest absolute Gasteiger partial charge is 0.356 e. The van der Waals surface area contributed by atoms with E-state index in [1.807, 2.05) is 36.5 Å². The van der Waals surface area contributed by atoms with Gasteiger partial charge in [-0.15, -0.1) is 0 Å². The van der Waals surface area contributed by atoms with Crippen LogP contribution in [0.4, 0.5) is 8.78 Å². The van der Waals surface area contributed by atoms with Gasteiger partial charge in [0.1, 0.15) is 11.6 Å². The van der Waals surface area contributed by atoms with E-state index in [0.717, 1.165) is 29.4 Å². The molecule has 0 aliphatic carbocycles. The number of rotatable bonds is 7. The van der Waals surface area contributed by atoms with Gasteiger partial charge in [-0.1, -0.05) is 18.2 Å². The van der Waals surface area contributed by atoms with Gasteiger partial charge in [-0.25, -0.2) is 13.5 Å². The topological polar surface area (TPSA) is 46.9 Å². The Labute approximate surface area is 150 Å². The highest BCUT2D eigenvalue weighted by molar-refractivity contribution is 5.76. The van der Waals surface area contributed by atoms with E-state index in [-0.39, 0.29) is 24.3 Å². The molecule has 1 N–H and O–H groups in total. The predicted octanol–water partition coefficient (Wildman–Crippen LogP) is 3.44. The lowest BCUT2D eigenvalue weighted by Crippen LogP contribution is -2.25. The van der Waals surface area contributed by atoms with E-state index in [9.17, 15) is 13.6 Å². The van der Waals surface area contributed by atoms with Gasteiger partial charge in [-0.2, -0.15) is 5.10 Å². The highest BCUT2D eigenvalue weighted by atomic mass is 19.1. The molecule has 0 aliphatic rings. The average molecular weight is 355 g/mol. The molecule has 4 nitrogen and oxygen atoms in total. The predicted molar refractivity (Wildman–Crippen MR) is 95.0 cm³/mol. The van der Waals surface area contributed by atoms with Crippen molar-refractivity contribution in [1.82, 2.24) is 15.1 Å². The van der Waals surface area contributed by atoms with Gasteiger partial charge in [0.25, 0.3) is 0 Å². The van der Waals surface area contributed by atoms with Gasteiger partial charge in [-0.05, 0) is 54.3 Å². The van der Waals surface area contributed by atoms with Crippen LogP contribution in [0.15, 0.2) is 60.9 Å². The lowest BCUT2D eigenvalue weighted by molar-refractivity contribution is -0.121. The molecule has 0 bridgehead atoms. The third kappa shape index (κ3) is 4.75. The number of carbonyl (C=O) groups is 1. The van der Waals surface area contributed by atoms with Gasteiger partial charge in [-0.3, -0.25) is 4.79 Å². The highest BCUT2D eigenvalue weighted by Gasteiger charge is 2.08. The van der Waals surface area contributed by atoms with E-state index in [2.05, 4.69) is 10.4 Å². The van der Waals surface area contributed by atoms with Crippen LogP contribution in [0.2, 0.25) is 0 Å². The monoisotopic (exact) mass is 355 g/mol. The maximum atomic E-state index is 13.5. The molecule has 2 aromatic carbocycles. The molecule has 0 fully saturated rings. The van der Waals surface area contributed by atoms with E-state index < -0.39 is 11.6 Å². The van der Waals surface area contributed by atoms with Gasteiger partial charge in [0.05, 0.1) is 11.9 Å². The van der Waals surface area contributed by atoms with Gasteiger partial charge in [0.15, 0.2) is 0 Å². The second-order valence-corrected chi connectivity index (χ2v) is 5.96. The van der Waals surface area contributed by atoms with Gasteiger partial charge in [0, 0.05) is 19.2 Å². The number of aromatic nitrogens is 2. The molecule has 6 heteroatoms. The summed E-state index contributed by atoms with van der Waals surface area (Å²) in [6.07, 6.45) is 4.61. The summed E-state index contributed by atoms with van der Waals surface area (Å²) in [5.41, 5.74) is 2.19. The Balaban J connectivity index is 1.44. The van der Waals surface area contributed by atoms with Crippen molar-refractivity contribution in [3.8, 4) is 5.69 Å². The summed E-state index contributed by atoms with van der Waals surface area (Å²) in [5, 5.41) is 7.10. The first-order valence-corrected chi connectivity index (χ1v) is 8.41. The van der Waals surface area contributed by atoms with Crippen LogP contribution in [0.5, 0.6) is 0 Å². The van der Waals surface area contributed by atoms with Crippen molar-refractivity contribution in [1.29, 1.82) is 0 Å². The number of halogens is 2. The van der Waals surface area contributed by atoms with Crippen LogP contribution in [0.3, 0.4) is 0 Å². The molecule has 1 amide bonds. The van der Waals surface area contributed by atoms with Crippen LogP contribution in [0, 0.1) is 11.6 Å². The van der Waals surface area contributed by atoms with E-state index >= 15 is 0 Å². The normalized spacial score (nSPS) is 10.7. The molecular formula is C20H19F2N3O. The second-order valence-electron chi connectivity index (χ2n) is 5.96. The quantitative estimate of drug-likeness (QED) is 0.706. The van der Waals surface area contributed by atoms with Crippen molar-refractivity contribution < 1.29 is 13.6 Å². The first-order valence-electron chi connectivity index (χ1n) is 8.41. The number of benzene rings is 2. The van der Waals surface area contributed by atoms with Crippen molar-refractivity contribution in [2.24, 2.45) is 0 Å². The fourth-order valence-corrected chi connectivity index (χ4v) is 2.63. The lowest BCUT2D eigenvalue weighted by atomic mass is 10.1. The first kappa shape index (κ1) is 17.8. The number of para-hydroxylation sites is 1. The average Bonchev–Trinajstić information content (AvgIpc) is 3.12. The van der Waals surface area contributed by atoms with E-state index in [1.54, 1.807) is 10.9 Å². The van der Waals surface area contributed by atoms with E-state index in [4.69, 9.17) is 0 Å². The van der Waals surface area contributed by atoms with Crippen molar-refractivity contribution in [2.45, 2.75) is 19.3 Å². The summed E-state index contributed by atoms with van der Waals surface area (Å²) in [6, 6.07) is 13.0. The van der Waals surface area contributed by atoms with Gasteiger partial charge >= 0.3 is 0 Å². The fraction of sp³-hybridized carbons (Fsp3) is 0.200. The third-order valence-electron chi connectivity index (χ3n) is 4.02. The Morgan fingerprint density at radius 2 is 1.88 bits per heavy atom. The molecule has 0 unspecified atom stereocenters. The Morgan fingerprint density at radius 1 is 1.08 bits per heavy atom. The Hall–Kier alpha value is -3.02. The molecule has 0 saturated carbocycles. The third-order valence-corrected chi connectivity index (χ3v) is 4.02. The zero-order valence-corrected chi connectivity index (χ0v) is 14.2. The molecule has 0 radical (unpaired) electrons. The SMILES string of the molecule is O=C(CCc1cc(F)ccc1F)NCCc1cnn(-c2ccccc2)c1. The highest BCUT2D eigenvalue weighted by Crippen LogP contribution is 2.12. The first-order chi connectivity index (χ1) is 12.6. The fourth-order valence-electron chi connectivity index (χ4n) is 2.63. The van der Waals surface area contributed by atoms with Crippen LogP contribution in [-0.4, -0.2) is 22.2 Å². The molecule has 1 aromatic heterocycles. The van der Waals surface area contributed by atoms with Gasteiger partial charge in [0.2, 0.25) is 5.91 Å². The number of hydrogen-bond donors (Lipinski definition) is 1. The van der Waals surface area contributed by atoms with Crippen molar-refractivity contribution in [3.05, 3.63) is 83.7 Å². The van der Waals surface area contributed by atoms with Crippen LogP contribution in [-0.2, 0) is 17.6 Å². The summed E-state index contributed by atoms with van der Waals surface area (Å²) < 4.78 is 28.4. The van der Waals surface area contributed by atoms with E-state index in [0.29, 0.717) is 13.0 Å². The Bertz CT molecular complexity index is 878. The standard InChI is InChI=1S/C20H19F2N3O/c21-17-7-8-19(22)16(12-17)6-9-20(26)23-11-10-15-13-24-25(14-15)18-4-2-1-3-5-18/h1-5,7-8,12-14H,6,9-11H2,(H,23,26). The van der Waals surface area contributed by atoms with Crippen LogP contribution < -0.4 is 5.32 Å². The zero-order chi connectivity index (χ0) is 18.4. The molecule has 134 valence electrons. The Morgan fingerprint density at radius 3 is 2.69 bits per heavy atom. The smallest absolute Gasteiger partial charge is 0.220 e. The molecule has 0 atom stereocenters. The molecule has 0 spiro atoms. The number of amides is 1. The number of nitrogens with zero attached hydrogens (tertiary/aromatic N) is 2. The van der Waals surface area contributed by atoms with Crippen LogP contribution >= 0.6 is 0 Å². The van der Waals surface area contributed by atoms with Crippen molar-refractivity contribution in [3.63, 3.8) is 0 Å². The van der Waals surface area contributed by atoms with E-state index in [1.165, 1.54) is 0 Å². The van der Waals surface area contributed by atoms with Crippen LogP contribution in [0.1, 0.15) is 17.5 Å². The maximum Gasteiger partial charge on any atom is 0.220 e. The van der Waals surface area contributed by atoms with Crippen molar-refractivity contribution >= 4 is 5.91 Å². The number of carbonyl (C=O) groups excluding carboxylic acids is 1. The summed E-state index contributed by atoms with van der Waals surface area (Å²) in [6.45, 7) is 0.463. The molecule has 26 heavy (non-hydrogen) atoms. The molecule has 1 heterocycles. The Kier molecular flexibility index (Phi) is 5.73. The minimum atomic E-state index is -0.503. The zero-order valence-electron chi connectivity index (χ0n) is 14.2. The lowest BCUT2D eigenvalue weighted by Gasteiger charge is -2.05. The molecular weight excluding hydrogens is 336 g/mol. The number of aryl methyl sites for hydroxylation is 1. The minimum absolute atomic E-state index is 0.115. The van der Waals surface area contributed by atoms with Crippen LogP contribution in [0.25, 0.3) is 5.69 Å². The second kappa shape index (κ2) is 8.38. The number of nitrogens with one attached hydrogen (secondary N) is 1. The number of hydrogen-bond acceptors (Lipinski definition) is 2. The summed E-state index contributed by atoms with van der Waals surface area (Å²) in [5.74, 6) is -1.19. The van der Waals surface area contributed by atoms with Crippen molar-refractivity contribution in [2.75, 3.05) is 6.54 Å². The molecule has 0 saturated heterocycles. The molecule has 3 aromatic rings. The van der Waals surface area contributed by atoms with Gasteiger partial charge < -0.3 is 5.32 Å². The maximum absolute atomic E-state index is 13.5. The summed E-state index contributed by atoms with van der Waals surface area (Å²) in [4.78, 5) is 11.9.